The number of nitrogens with zero attached hydrogens (tertiary/aromatic N) is 3. The molecule has 4 bridgehead atoms. The predicted octanol–water partition coefficient (Wildman–Crippen LogP) is 4.75. The van der Waals surface area contributed by atoms with Crippen LogP contribution in [0.15, 0.2) is 46.1 Å². The van der Waals surface area contributed by atoms with Crippen molar-refractivity contribution in [1.82, 2.24) is 4.90 Å². The first-order chi connectivity index (χ1) is 28.6. The minimum atomic E-state index is -1.95. The number of carbonyl (C=O) groups excluding carboxylic acids is 3. The number of benzene rings is 2. The predicted molar refractivity (Wildman–Crippen MR) is 228 cm³/mol. The standard InChI is InChI=1S/C46H62N4O11/c1-22(2)21-50-18-16-46(17-19-50)48-34-31-32-39(54)28(8)42-33(31)43(56)45(10,61-42)59-20-15-30(58-11)25(5)41(60-29(9)51)27(7)38(53)26(6)37(52)23(3)13-12-14-24(4)44(57)47-36(40(32)55)35(34)49-46/h12-15,20,22-23,25-27,30,37-38,41,48,52-55H,16-19,21H2,1-11H3/b13-12+,20-15+,24-14+,47-36?/t23-,25+,26+,27+,30-,37-,38+,41+,45-/m0/s1. The molecule has 0 unspecified atom stereocenters. The summed E-state index contributed by atoms with van der Waals surface area (Å²) in [5.41, 5.74) is -0.111. The summed E-state index contributed by atoms with van der Waals surface area (Å²) in [4.78, 5) is 52.9. The Balaban J connectivity index is 1.55. The SMILES string of the molecule is CO[C@H]1/C=C/O[C@@]2(C)Oc3c(C)c(O)c4c(O)c(c5c(c4c3C2=O)NC2(CCN(CC(C)C)CC2)N=5)=NC(=O)/C(C)=C/C=C/[C@H](C)[C@H](O)[C@@H](C)[C@@H](O)[C@@H](C)[C@H](OC(C)=O)[C@@H]1C. The van der Waals surface area contributed by atoms with Crippen LogP contribution >= 0.6 is 0 Å². The minimum absolute atomic E-state index is 0.0538. The van der Waals surface area contributed by atoms with Crippen LogP contribution in [0.2, 0.25) is 0 Å². The Labute approximate surface area is 356 Å². The van der Waals surface area contributed by atoms with Crippen LogP contribution in [0.25, 0.3) is 10.8 Å². The number of esters is 1. The summed E-state index contributed by atoms with van der Waals surface area (Å²) < 4.78 is 24.0. The average Bonchev–Trinajstić information content (AvgIpc) is 3.71. The quantitative estimate of drug-likeness (QED) is 0.208. The van der Waals surface area contributed by atoms with Crippen LogP contribution in [0.3, 0.4) is 0 Å². The number of aliphatic hydroxyl groups is 2. The zero-order valence-electron chi connectivity index (χ0n) is 37.1. The van der Waals surface area contributed by atoms with E-state index in [-0.39, 0.29) is 49.7 Å². The summed E-state index contributed by atoms with van der Waals surface area (Å²) in [5, 5.41) is 50.5. The van der Waals surface area contributed by atoms with Gasteiger partial charge in [0.15, 0.2) is 5.75 Å². The monoisotopic (exact) mass is 846 g/mol. The lowest BCUT2D eigenvalue weighted by atomic mass is 9.78. The number of aromatic hydroxyl groups is 2. The molecule has 61 heavy (non-hydrogen) atoms. The van der Waals surface area contributed by atoms with Gasteiger partial charge in [-0.2, -0.15) is 0 Å². The van der Waals surface area contributed by atoms with Crippen molar-refractivity contribution in [3.05, 3.63) is 58.0 Å². The molecular weight excluding hydrogens is 785 g/mol. The number of piperidine rings is 1. The highest BCUT2D eigenvalue weighted by atomic mass is 16.7. The number of ether oxygens (including phenoxy) is 4. The Kier molecular flexibility index (Phi) is 13.1. The summed E-state index contributed by atoms with van der Waals surface area (Å²) >= 11 is 0. The molecule has 0 aliphatic carbocycles. The lowest BCUT2D eigenvalue weighted by Gasteiger charge is -2.38. The maximum atomic E-state index is 14.7. The third-order valence-electron chi connectivity index (χ3n) is 12.9. The maximum Gasteiger partial charge on any atom is 0.312 e. The molecule has 0 radical (unpaired) electrons. The van der Waals surface area contributed by atoms with E-state index in [2.05, 4.69) is 29.1 Å². The van der Waals surface area contributed by atoms with E-state index in [0.29, 0.717) is 24.4 Å². The summed E-state index contributed by atoms with van der Waals surface area (Å²) in [7, 11) is 1.47. The van der Waals surface area contributed by atoms with Gasteiger partial charge in [0.2, 0.25) is 0 Å². The number of amides is 1. The molecule has 1 spiro atoms. The van der Waals surface area contributed by atoms with Gasteiger partial charge in [-0.05, 0) is 25.8 Å². The number of rotatable bonds is 4. The van der Waals surface area contributed by atoms with Crippen LogP contribution < -0.4 is 20.8 Å². The molecule has 1 saturated heterocycles. The lowest BCUT2D eigenvalue weighted by Crippen LogP contribution is -2.47. The van der Waals surface area contributed by atoms with E-state index in [1.807, 2.05) is 0 Å². The lowest BCUT2D eigenvalue weighted by molar-refractivity contribution is -0.160. The van der Waals surface area contributed by atoms with Gasteiger partial charge in [-0.3, -0.25) is 19.4 Å². The van der Waals surface area contributed by atoms with Gasteiger partial charge in [-0.25, -0.2) is 4.99 Å². The number of phenols is 2. The minimum Gasteiger partial charge on any atom is -0.507 e. The van der Waals surface area contributed by atoms with E-state index in [1.165, 1.54) is 27.2 Å². The van der Waals surface area contributed by atoms with Crippen molar-refractivity contribution >= 4 is 34.1 Å². The molecule has 6 rings (SSSR count). The maximum absolute atomic E-state index is 14.7. The summed E-state index contributed by atoms with van der Waals surface area (Å²) in [6, 6.07) is 0. The largest absolute Gasteiger partial charge is 0.507 e. The fourth-order valence-electron chi connectivity index (χ4n) is 9.24. The second-order valence-electron chi connectivity index (χ2n) is 18.0. The van der Waals surface area contributed by atoms with Crippen LogP contribution in [0.1, 0.15) is 91.1 Å². The molecule has 4 heterocycles. The number of nitrogens with one attached hydrogen (secondary N) is 1. The first kappa shape index (κ1) is 45.7. The van der Waals surface area contributed by atoms with Gasteiger partial charge in [-0.15, -0.1) is 0 Å². The fraction of sp³-hybridized carbons (Fsp3) is 0.587. The first-order valence-corrected chi connectivity index (χ1v) is 21.2. The number of fused-ring (bicyclic) bond motifs is 1. The van der Waals surface area contributed by atoms with Gasteiger partial charge < -0.3 is 49.6 Å². The smallest absolute Gasteiger partial charge is 0.312 e. The van der Waals surface area contributed by atoms with Crippen LogP contribution in [0.4, 0.5) is 5.69 Å². The highest BCUT2D eigenvalue weighted by Crippen LogP contribution is 2.51. The van der Waals surface area contributed by atoms with Crippen molar-refractivity contribution in [2.45, 2.75) is 118 Å². The highest BCUT2D eigenvalue weighted by Gasteiger charge is 2.51. The van der Waals surface area contributed by atoms with Crippen LogP contribution in [0, 0.1) is 36.5 Å². The zero-order chi connectivity index (χ0) is 44.9. The topological polar surface area (TPSA) is 209 Å². The van der Waals surface area contributed by atoms with Crippen molar-refractivity contribution in [3.63, 3.8) is 0 Å². The van der Waals surface area contributed by atoms with E-state index in [9.17, 15) is 34.8 Å². The van der Waals surface area contributed by atoms with Crippen LogP contribution in [-0.4, -0.2) is 106 Å². The van der Waals surface area contributed by atoms with Gasteiger partial charge in [-0.1, -0.05) is 59.8 Å². The normalized spacial score (nSPS) is 32.7. The third-order valence-corrected chi connectivity index (χ3v) is 12.9. The van der Waals surface area contributed by atoms with Crippen LogP contribution in [-0.2, 0) is 23.8 Å². The van der Waals surface area contributed by atoms with Gasteiger partial charge in [0.05, 0.1) is 41.2 Å². The molecule has 5 N–H and O–H groups in total. The number of Topliss-reactive ketones (excluding diaryl/α,β-unsaturated/α-hetero) is 1. The third kappa shape index (κ3) is 8.54. The second-order valence-corrected chi connectivity index (χ2v) is 18.0. The summed E-state index contributed by atoms with van der Waals surface area (Å²) in [5.74, 6) is -6.57. The van der Waals surface area contributed by atoms with E-state index >= 15 is 0 Å². The molecule has 2 aromatic carbocycles. The molecular formula is C46H62N4O11. The van der Waals surface area contributed by atoms with Crippen molar-refractivity contribution < 1.29 is 53.8 Å². The number of likely N-dealkylation sites (tertiary alicyclic amines) is 1. The molecule has 9 atom stereocenters. The summed E-state index contributed by atoms with van der Waals surface area (Å²) in [6.45, 7) is 19.6. The number of allylic oxidation sites excluding steroid dienone is 2. The molecule has 4 aliphatic rings. The van der Waals surface area contributed by atoms with E-state index in [1.54, 1.807) is 65.8 Å². The molecule has 15 nitrogen and oxygen atoms in total. The molecule has 0 aromatic heterocycles. The Morgan fingerprint density at radius 3 is 2.28 bits per heavy atom. The number of carbonyl (C=O) groups is 3. The summed E-state index contributed by atoms with van der Waals surface area (Å²) in [6.07, 6.45) is 5.07. The number of methoxy groups -OCH3 is 1. The molecule has 2 aromatic rings. The van der Waals surface area contributed by atoms with Gasteiger partial charge in [0.1, 0.15) is 34.0 Å². The van der Waals surface area contributed by atoms with E-state index in [4.69, 9.17) is 23.9 Å². The molecule has 15 heteroatoms. The van der Waals surface area contributed by atoms with Gasteiger partial charge >= 0.3 is 11.8 Å². The number of phenolic OH excluding ortho intramolecular Hbond substituents is 2. The van der Waals surface area contributed by atoms with Crippen molar-refractivity contribution in [2.75, 3.05) is 32.1 Å². The number of ketones is 1. The number of aliphatic hydroxyl groups excluding tert-OH is 2. The first-order valence-electron chi connectivity index (χ1n) is 21.2. The molecule has 1 amide bonds. The molecule has 4 aliphatic heterocycles. The highest BCUT2D eigenvalue weighted by molar-refractivity contribution is 6.21. The average molecular weight is 847 g/mol. The Bertz CT molecular complexity index is 2300. The van der Waals surface area contributed by atoms with Crippen molar-refractivity contribution in [3.8, 4) is 17.2 Å². The van der Waals surface area contributed by atoms with Crippen molar-refractivity contribution in [2.24, 2.45) is 39.6 Å². The molecule has 0 saturated carbocycles. The van der Waals surface area contributed by atoms with Gasteiger partial charge in [0, 0.05) is 93.6 Å². The van der Waals surface area contributed by atoms with Crippen molar-refractivity contribution in [1.29, 1.82) is 0 Å². The Hall–Kier alpha value is -4.83. The van der Waals surface area contributed by atoms with E-state index in [0.717, 1.165) is 19.6 Å². The number of anilines is 1. The van der Waals surface area contributed by atoms with E-state index < -0.39 is 82.9 Å². The Morgan fingerprint density at radius 1 is 0.984 bits per heavy atom. The Morgan fingerprint density at radius 2 is 1.66 bits per heavy atom. The van der Waals surface area contributed by atoms with Gasteiger partial charge in [0.25, 0.3) is 11.7 Å². The fourth-order valence-corrected chi connectivity index (χ4v) is 9.24. The zero-order valence-corrected chi connectivity index (χ0v) is 37.1. The number of hydrogen-bond donors (Lipinski definition) is 5. The molecule has 1 fully saturated rings. The molecule has 332 valence electrons. The second kappa shape index (κ2) is 17.5. The number of hydrogen-bond acceptors (Lipinski definition) is 14. The van der Waals surface area contributed by atoms with Crippen LogP contribution in [0.5, 0.6) is 17.2 Å².